The predicted octanol–water partition coefficient (Wildman–Crippen LogP) is 0.110. The van der Waals surface area contributed by atoms with Crippen LogP contribution in [0.4, 0.5) is 0 Å². The summed E-state index contributed by atoms with van der Waals surface area (Å²) in [6.45, 7) is 0. The molecule has 0 nitrogen and oxygen atoms in total. The molecule has 0 aromatic heterocycles. The van der Waals surface area contributed by atoms with E-state index in [1.165, 1.54) is 0 Å². The van der Waals surface area contributed by atoms with E-state index in [4.69, 9.17) is 23.2 Å². The van der Waals surface area contributed by atoms with Crippen molar-refractivity contribution in [2.75, 3.05) is 0 Å². The molecule has 0 fully saturated rings. The summed E-state index contributed by atoms with van der Waals surface area (Å²) in [5, 5.41) is 1.36. The van der Waals surface area contributed by atoms with Gasteiger partial charge >= 0.3 is 29.6 Å². The van der Waals surface area contributed by atoms with E-state index in [9.17, 15) is 0 Å². The Labute approximate surface area is 87.9 Å². The maximum atomic E-state index is 5.56. The minimum atomic E-state index is 0. The summed E-state index contributed by atoms with van der Waals surface area (Å²) in [4.78, 5) is 0. The van der Waals surface area contributed by atoms with Crippen LogP contribution in [-0.4, -0.2) is 0 Å². The Balaban J connectivity index is 0. The quantitative estimate of drug-likeness (QED) is 0.486. The van der Waals surface area contributed by atoms with Crippen LogP contribution in [0.3, 0.4) is 0 Å². The fourth-order valence-corrected chi connectivity index (χ4v) is 0.896. The van der Waals surface area contributed by atoms with Crippen molar-refractivity contribution in [2.24, 2.45) is 0 Å². The Morgan fingerprint density at radius 3 is 1.78 bits per heavy atom. The van der Waals surface area contributed by atoms with Crippen LogP contribution in [0.2, 0.25) is 10.0 Å². The molecule has 44 valence electrons. The maximum absolute atomic E-state index is 5.56. The van der Waals surface area contributed by atoms with Crippen molar-refractivity contribution in [3.63, 3.8) is 0 Å². The van der Waals surface area contributed by atoms with Crippen LogP contribution < -0.4 is 29.6 Å². The first-order chi connectivity index (χ1) is 3.79. The van der Waals surface area contributed by atoms with Gasteiger partial charge < -0.3 is 1.43 Å². The van der Waals surface area contributed by atoms with Gasteiger partial charge in [0.2, 0.25) is 0 Å². The fraction of sp³-hybridized carbons (Fsp3) is 0. The van der Waals surface area contributed by atoms with Gasteiger partial charge in [0.1, 0.15) is 0 Å². The van der Waals surface area contributed by atoms with Crippen LogP contribution in [0, 0.1) is 0 Å². The van der Waals surface area contributed by atoms with Gasteiger partial charge in [-0.2, -0.15) is 0 Å². The molecule has 1 rings (SSSR count). The molecule has 0 saturated heterocycles. The summed E-state index contributed by atoms with van der Waals surface area (Å²) < 4.78 is 0. The van der Waals surface area contributed by atoms with Gasteiger partial charge in [0.25, 0.3) is 0 Å². The summed E-state index contributed by atoms with van der Waals surface area (Å²) in [7, 11) is 0. The fourth-order valence-electron chi connectivity index (χ4n) is 0.460. The zero-order valence-corrected chi connectivity index (χ0v) is 8.58. The molecule has 0 amide bonds. The summed E-state index contributed by atoms with van der Waals surface area (Å²) in [6.07, 6.45) is 0. The van der Waals surface area contributed by atoms with E-state index < -0.39 is 0 Å². The normalized spacial score (nSPS) is 8.22. The third-order valence-electron chi connectivity index (χ3n) is 0.787. The molecule has 1 aromatic rings. The summed E-state index contributed by atoms with van der Waals surface area (Å²) in [5.41, 5.74) is 0. The van der Waals surface area contributed by atoms with Gasteiger partial charge in [-0.3, -0.25) is 0 Å². The van der Waals surface area contributed by atoms with Gasteiger partial charge in [0.05, 0.1) is 0 Å². The predicted molar refractivity (Wildman–Crippen MR) is 37.6 cm³/mol. The number of hydrogen-bond acceptors (Lipinski definition) is 0. The van der Waals surface area contributed by atoms with Crippen molar-refractivity contribution in [3.8, 4) is 0 Å². The van der Waals surface area contributed by atoms with E-state index in [1.54, 1.807) is 18.2 Å². The molecule has 0 aliphatic carbocycles. The van der Waals surface area contributed by atoms with Crippen molar-refractivity contribution in [1.82, 2.24) is 0 Å². The van der Waals surface area contributed by atoms with Crippen LogP contribution in [0.25, 0.3) is 0 Å². The largest absolute Gasteiger partial charge is 1.00 e. The van der Waals surface area contributed by atoms with Crippen molar-refractivity contribution >= 4 is 23.2 Å². The van der Waals surface area contributed by atoms with Crippen molar-refractivity contribution in [3.05, 3.63) is 34.3 Å². The monoisotopic (exact) mass is 170 g/mol. The topological polar surface area (TPSA) is 0 Å². The van der Waals surface area contributed by atoms with Crippen LogP contribution in [0.1, 0.15) is 1.43 Å². The third-order valence-corrected chi connectivity index (χ3v) is 1.26. The molecule has 0 bridgehead atoms. The maximum Gasteiger partial charge on any atom is 1.00 e. The Hall–Kier alpha value is 0.800. The first-order valence-corrected chi connectivity index (χ1v) is 2.96. The number of benzene rings is 1. The van der Waals surface area contributed by atoms with Crippen molar-refractivity contribution in [1.29, 1.82) is 0 Å². The van der Waals surface area contributed by atoms with E-state index >= 15 is 0 Å². The molecule has 0 radical (unpaired) electrons. The van der Waals surface area contributed by atoms with E-state index in [2.05, 4.69) is 0 Å². The summed E-state index contributed by atoms with van der Waals surface area (Å²) in [6, 6.07) is 7.08. The van der Waals surface area contributed by atoms with Crippen molar-refractivity contribution in [2.45, 2.75) is 0 Å². The smallest absolute Gasteiger partial charge is 1.00 e. The number of hydrogen-bond donors (Lipinski definition) is 0. The molecule has 0 atom stereocenters. The molecule has 0 aliphatic rings. The molecule has 0 heterocycles. The van der Waals surface area contributed by atoms with Gasteiger partial charge in [-0.25, -0.2) is 0 Å². The average Bonchev–Trinajstić information content (AvgIpc) is 1.64. The van der Waals surface area contributed by atoms with Gasteiger partial charge in [-0.05, 0) is 18.2 Å². The second-order valence-electron chi connectivity index (χ2n) is 1.44. The minimum absolute atomic E-state index is 0. The van der Waals surface area contributed by atoms with Gasteiger partial charge in [0.15, 0.2) is 0 Å². The Kier molecular flexibility index (Phi) is 5.00. The average molecular weight is 171 g/mol. The van der Waals surface area contributed by atoms with E-state index in [0.717, 1.165) is 0 Å². The zero-order valence-electron chi connectivity index (χ0n) is 6.07. The van der Waals surface area contributed by atoms with E-state index in [-0.39, 0.29) is 31.0 Å². The Bertz CT molecular complexity index is 176. The first kappa shape index (κ1) is 9.80. The molecule has 0 unspecified atom stereocenters. The standard InChI is InChI=1S/C6H4Cl2.Na.H/c7-5-2-1-3-6(8)4-5;;/h1-4H;;/q;+1;-1. The van der Waals surface area contributed by atoms with Gasteiger partial charge in [-0.15, -0.1) is 0 Å². The second kappa shape index (κ2) is 4.59. The SMILES string of the molecule is Clc1cccc(Cl)c1.[H-].[Na+]. The van der Waals surface area contributed by atoms with Crippen LogP contribution in [-0.2, 0) is 0 Å². The Morgan fingerprint density at radius 2 is 1.56 bits per heavy atom. The molecule has 0 spiro atoms. The van der Waals surface area contributed by atoms with E-state index in [0.29, 0.717) is 10.0 Å². The van der Waals surface area contributed by atoms with Gasteiger partial charge in [0, 0.05) is 10.0 Å². The van der Waals surface area contributed by atoms with Gasteiger partial charge in [-0.1, -0.05) is 29.3 Å². The molecule has 0 N–H and O–H groups in total. The molecule has 3 heteroatoms. The molecular weight excluding hydrogens is 166 g/mol. The first-order valence-electron chi connectivity index (χ1n) is 2.20. The third kappa shape index (κ3) is 3.49. The van der Waals surface area contributed by atoms with Crippen LogP contribution in [0.5, 0.6) is 0 Å². The molecule has 1 aromatic carbocycles. The number of halogens is 2. The molecule has 9 heavy (non-hydrogen) atoms. The van der Waals surface area contributed by atoms with Crippen molar-refractivity contribution < 1.29 is 31.0 Å². The van der Waals surface area contributed by atoms with Crippen LogP contribution in [0.15, 0.2) is 24.3 Å². The van der Waals surface area contributed by atoms with E-state index in [1.807, 2.05) is 6.07 Å². The number of rotatable bonds is 0. The second-order valence-corrected chi connectivity index (χ2v) is 2.31. The zero-order chi connectivity index (χ0) is 5.98. The molecular formula is C6H5Cl2Na. The Morgan fingerprint density at radius 1 is 1.11 bits per heavy atom. The molecule has 0 saturated carbocycles. The summed E-state index contributed by atoms with van der Waals surface area (Å²) >= 11 is 11.1. The summed E-state index contributed by atoms with van der Waals surface area (Å²) in [5.74, 6) is 0. The molecule has 0 aliphatic heterocycles. The minimum Gasteiger partial charge on any atom is -1.00 e. The van der Waals surface area contributed by atoms with Crippen LogP contribution >= 0.6 is 23.2 Å².